The summed E-state index contributed by atoms with van der Waals surface area (Å²) in [6, 6.07) is 0. The van der Waals surface area contributed by atoms with Gasteiger partial charge in [0.15, 0.2) is 6.10 Å². The Balaban J connectivity index is 0. The Kier molecular flexibility index (Phi) is 12.0. The molecule has 158 valence electrons. The maximum Gasteiger partial charge on any atom is 0.490 e. The van der Waals surface area contributed by atoms with Gasteiger partial charge in [0.25, 0.3) is 0 Å². The molecule has 0 radical (unpaired) electrons. The molecule has 0 saturated carbocycles. The Morgan fingerprint density at radius 2 is 1.48 bits per heavy atom. The molecule has 0 aliphatic heterocycles. The molecule has 0 aliphatic carbocycles. The number of halogens is 3. The lowest BCUT2D eigenvalue weighted by Crippen LogP contribution is -2.45. The summed E-state index contributed by atoms with van der Waals surface area (Å²) in [7, 11) is 5.59. The lowest BCUT2D eigenvalue weighted by molar-refractivity contribution is -0.873. The fraction of sp³-hybridized carbons (Fsp3) is 0.733. The van der Waals surface area contributed by atoms with Crippen molar-refractivity contribution in [3.8, 4) is 0 Å². The van der Waals surface area contributed by atoms with E-state index in [1.165, 1.54) is 0 Å². The van der Waals surface area contributed by atoms with Gasteiger partial charge in [-0.2, -0.15) is 13.2 Å². The van der Waals surface area contributed by atoms with E-state index in [9.17, 15) is 32.7 Å². The molecule has 0 fully saturated rings. The van der Waals surface area contributed by atoms with Gasteiger partial charge in [0.1, 0.15) is 6.54 Å². The van der Waals surface area contributed by atoms with E-state index in [2.05, 4.69) is 0 Å². The molecule has 0 bridgehead atoms. The van der Waals surface area contributed by atoms with Crippen LogP contribution < -0.4 is 5.11 Å². The first-order chi connectivity index (χ1) is 12.0. The summed E-state index contributed by atoms with van der Waals surface area (Å²) < 4.78 is 37.3. The number of hydrogen-bond donors (Lipinski definition) is 2. The molecule has 9 nitrogen and oxygen atoms in total. The zero-order valence-corrected chi connectivity index (χ0v) is 15.2. The van der Waals surface area contributed by atoms with Crippen LogP contribution in [0.1, 0.15) is 32.1 Å². The number of unbranched alkanes of at least 4 members (excludes halogenated alkanes) is 1. The van der Waals surface area contributed by atoms with Gasteiger partial charge >= 0.3 is 24.1 Å². The van der Waals surface area contributed by atoms with Gasteiger partial charge in [-0.1, -0.05) is 0 Å². The minimum Gasteiger partial charge on any atom is -0.550 e. The van der Waals surface area contributed by atoms with Crippen LogP contribution >= 0.6 is 0 Å². The molecule has 0 spiro atoms. The third-order valence-corrected chi connectivity index (χ3v) is 2.71. The molecule has 1 atom stereocenters. The lowest BCUT2D eigenvalue weighted by Gasteiger charge is -2.29. The number of aliphatic carboxylic acids is 3. The maximum atomic E-state index is 11.6. The summed E-state index contributed by atoms with van der Waals surface area (Å²) in [4.78, 5) is 41.4. The topological polar surface area (TPSA) is 141 Å². The van der Waals surface area contributed by atoms with Crippen molar-refractivity contribution in [3.05, 3.63) is 0 Å². The number of likely N-dealkylation sites (N-methyl/N-ethyl adjacent to an activating group) is 1. The summed E-state index contributed by atoms with van der Waals surface area (Å²) >= 11 is 0. The smallest absolute Gasteiger partial charge is 0.490 e. The number of quaternary nitrogens is 1. The third kappa shape index (κ3) is 19.8. The molecule has 27 heavy (non-hydrogen) atoms. The van der Waals surface area contributed by atoms with Crippen LogP contribution in [0.3, 0.4) is 0 Å². The van der Waals surface area contributed by atoms with Gasteiger partial charge < -0.3 is 29.3 Å². The van der Waals surface area contributed by atoms with Gasteiger partial charge in [0, 0.05) is 25.2 Å². The summed E-state index contributed by atoms with van der Waals surface area (Å²) in [6.45, 7) is 0.370. The summed E-state index contributed by atoms with van der Waals surface area (Å²) in [5, 5.41) is 26.2. The minimum absolute atomic E-state index is 0.00857. The first-order valence-electron chi connectivity index (χ1n) is 7.76. The van der Waals surface area contributed by atoms with E-state index in [4.69, 9.17) is 19.7 Å². The molecule has 0 aromatic heterocycles. The van der Waals surface area contributed by atoms with E-state index in [0.29, 0.717) is 23.9 Å². The maximum absolute atomic E-state index is 11.6. The number of esters is 1. The molecule has 0 saturated heterocycles. The highest BCUT2D eigenvalue weighted by Crippen LogP contribution is 2.13. The number of ether oxygens (including phenoxy) is 1. The number of alkyl halides is 3. The standard InChI is InChI=1S/C13H23NO6.C2HF3O2/c1-14(2,3)9-10(8-12(17)18)20-13(19)7-5-4-6-11(15)16;3-2(4,5)1(6)7/h10H,4-9H2,1-3H3,(H-,15,16,17,18);(H,6,7)/t10-;/m1./s1. The van der Waals surface area contributed by atoms with Crippen LogP contribution in [0.4, 0.5) is 13.2 Å². The fourth-order valence-electron chi connectivity index (χ4n) is 1.73. The number of hydrogen-bond acceptors (Lipinski definition) is 6. The normalized spacial score (nSPS) is 12.4. The summed E-state index contributed by atoms with van der Waals surface area (Å²) in [5.74, 6) is -5.43. The van der Waals surface area contributed by atoms with Crippen LogP contribution in [0.25, 0.3) is 0 Å². The molecule has 0 rings (SSSR count). The first kappa shape index (κ1) is 26.9. The predicted molar refractivity (Wildman–Crippen MR) is 82.2 cm³/mol. The number of carbonyl (C=O) groups is 4. The Morgan fingerprint density at radius 3 is 1.81 bits per heavy atom. The number of carboxylic acids is 3. The predicted octanol–water partition coefficient (Wildman–Crippen LogP) is 0.0227. The van der Waals surface area contributed by atoms with Gasteiger partial charge in [-0.3, -0.25) is 9.59 Å². The zero-order chi connectivity index (χ0) is 21.8. The largest absolute Gasteiger partial charge is 0.550 e. The van der Waals surface area contributed by atoms with Crippen molar-refractivity contribution < 1.29 is 56.9 Å². The second kappa shape index (κ2) is 12.1. The quantitative estimate of drug-likeness (QED) is 0.296. The number of carbonyl (C=O) groups excluding carboxylic acids is 2. The average molecular weight is 403 g/mol. The van der Waals surface area contributed by atoms with Gasteiger partial charge in [-0.05, 0) is 12.8 Å². The van der Waals surface area contributed by atoms with Crippen LogP contribution in [0.15, 0.2) is 0 Å². The first-order valence-corrected chi connectivity index (χ1v) is 7.76. The van der Waals surface area contributed by atoms with Crippen LogP contribution in [0, 0.1) is 0 Å². The zero-order valence-electron chi connectivity index (χ0n) is 15.2. The Morgan fingerprint density at radius 1 is 1.04 bits per heavy atom. The highest BCUT2D eigenvalue weighted by atomic mass is 19.4. The van der Waals surface area contributed by atoms with E-state index in [1.807, 2.05) is 21.1 Å². The van der Waals surface area contributed by atoms with E-state index < -0.39 is 36.2 Å². The SMILES string of the molecule is C[N+](C)(C)C[C@@H](CC(=O)[O-])OC(=O)CCCCC(=O)O.O=C(O)C(F)(F)F. The Labute approximate surface area is 153 Å². The number of carboxylic acid groups (broad SMARTS) is 3. The van der Waals surface area contributed by atoms with Crippen LogP contribution in [0.2, 0.25) is 0 Å². The number of nitrogens with zero attached hydrogens (tertiary/aromatic N) is 1. The van der Waals surface area contributed by atoms with Crippen molar-refractivity contribution in [2.24, 2.45) is 0 Å². The average Bonchev–Trinajstić information content (AvgIpc) is 2.40. The van der Waals surface area contributed by atoms with E-state index in [1.54, 1.807) is 0 Å². The lowest BCUT2D eigenvalue weighted by atomic mass is 10.2. The van der Waals surface area contributed by atoms with Gasteiger partial charge in [-0.15, -0.1) is 0 Å². The van der Waals surface area contributed by atoms with Gasteiger partial charge in [0.2, 0.25) is 0 Å². The van der Waals surface area contributed by atoms with Crippen LogP contribution in [0.5, 0.6) is 0 Å². The molecular weight excluding hydrogens is 379 g/mol. The third-order valence-electron chi connectivity index (χ3n) is 2.71. The highest BCUT2D eigenvalue weighted by molar-refractivity contribution is 5.73. The molecule has 2 N–H and O–H groups in total. The molecule has 0 amide bonds. The highest BCUT2D eigenvalue weighted by Gasteiger charge is 2.38. The van der Waals surface area contributed by atoms with Crippen molar-refractivity contribution in [1.29, 1.82) is 0 Å². The molecule has 0 unspecified atom stereocenters. The van der Waals surface area contributed by atoms with Gasteiger partial charge in [0.05, 0.1) is 21.1 Å². The van der Waals surface area contributed by atoms with Gasteiger partial charge in [-0.25, -0.2) is 4.79 Å². The molecule has 0 aromatic carbocycles. The van der Waals surface area contributed by atoms with E-state index in [0.717, 1.165) is 0 Å². The molecule has 12 heteroatoms. The van der Waals surface area contributed by atoms with Crippen LogP contribution in [-0.4, -0.2) is 78.5 Å². The van der Waals surface area contributed by atoms with E-state index >= 15 is 0 Å². The van der Waals surface area contributed by atoms with Crippen molar-refractivity contribution in [2.45, 2.75) is 44.4 Å². The summed E-state index contributed by atoms with van der Waals surface area (Å²) in [5.41, 5.74) is 0. The van der Waals surface area contributed by atoms with Crippen molar-refractivity contribution in [2.75, 3.05) is 27.7 Å². The second-order valence-corrected chi connectivity index (χ2v) is 6.56. The number of rotatable bonds is 10. The van der Waals surface area contributed by atoms with Crippen LogP contribution in [-0.2, 0) is 23.9 Å². The molecular formula is C15H24F3NO8. The van der Waals surface area contributed by atoms with Crippen molar-refractivity contribution >= 4 is 23.9 Å². The fourth-order valence-corrected chi connectivity index (χ4v) is 1.73. The minimum atomic E-state index is -5.08. The van der Waals surface area contributed by atoms with Crippen molar-refractivity contribution in [3.63, 3.8) is 0 Å². The summed E-state index contributed by atoms with van der Waals surface area (Å²) in [6.07, 6.45) is -5.25. The van der Waals surface area contributed by atoms with Crippen molar-refractivity contribution in [1.82, 2.24) is 0 Å². The Bertz CT molecular complexity index is 514. The second-order valence-electron chi connectivity index (χ2n) is 6.56. The Hall–Kier alpha value is -2.37. The monoisotopic (exact) mass is 403 g/mol. The molecule has 0 aliphatic rings. The molecule has 0 heterocycles. The molecule has 0 aromatic rings. The van der Waals surface area contributed by atoms with E-state index in [-0.39, 0.29) is 19.3 Å².